The number of carbonyl (C=O) groups excluding carboxylic acids is 1. The average Bonchev–Trinajstić information content (AvgIpc) is 2.23. The van der Waals surface area contributed by atoms with E-state index in [4.69, 9.17) is 10.7 Å². The van der Waals surface area contributed by atoms with Gasteiger partial charge in [0.2, 0.25) is 0 Å². The summed E-state index contributed by atoms with van der Waals surface area (Å²) in [6, 6.07) is -0.431. The summed E-state index contributed by atoms with van der Waals surface area (Å²) in [5.41, 5.74) is -5.28. The molecule has 0 amide bonds. The van der Waals surface area contributed by atoms with Crippen molar-refractivity contribution in [3.05, 3.63) is 28.8 Å². The van der Waals surface area contributed by atoms with Crippen LogP contribution >= 0.6 is 10.7 Å². The maximum atomic E-state index is 12.7. The summed E-state index contributed by atoms with van der Waals surface area (Å²) in [6.07, 6.45) is -11.1. The molecule has 0 aliphatic rings. The molecule has 20 heavy (non-hydrogen) atoms. The van der Waals surface area contributed by atoms with Crippen LogP contribution in [0.2, 0.25) is 0 Å². The predicted octanol–water partition coefficient (Wildman–Crippen LogP) is 3.46. The Morgan fingerprint density at radius 2 is 1.50 bits per heavy atom. The monoisotopic (exact) mass is 340 g/mol. The number of hydrogen-bond acceptors (Lipinski definition) is 3. The van der Waals surface area contributed by atoms with E-state index in [2.05, 4.69) is 0 Å². The smallest absolute Gasteiger partial charge is 0.298 e. The first-order chi connectivity index (χ1) is 8.78. The summed E-state index contributed by atoms with van der Waals surface area (Å²) in [4.78, 5) is 8.88. The molecule has 1 rings (SSSR count). The maximum Gasteiger partial charge on any atom is 0.417 e. The molecule has 0 saturated heterocycles. The second-order valence-corrected chi connectivity index (χ2v) is 6.00. The highest BCUT2D eigenvalue weighted by Gasteiger charge is 2.42. The topological polar surface area (TPSA) is 51.2 Å². The SMILES string of the molecule is O=Cc1cc(C(F)(F)F)cc(C(F)(F)F)c1S(=O)(=O)Cl. The van der Waals surface area contributed by atoms with E-state index >= 15 is 0 Å². The van der Waals surface area contributed by atoms with Crippen molar-refractivity contribution in [2.75, 3.05) is 0 Å². The molecule has 0 unspecified atom stereocenters. The molecule has 0 radical (unpaired) electrons. The lowest BCUT2D eigenvalue weighted by Crippen LogP contribution is -2.16. The second-order valence-electron chi connectivity index (χ2n) is 3.49. The minimum atomic E-state index is -5.43. The molecular formula is C9H3ClF6O3S. The van der Waals surface area contributed by atoms with Crippen molar-refractivity contribution in [2.45, 2.75) is 17.2 Å². The quantitative estimate of drug-likeness (QED) is 0.470. The maximum absolute atomic E-state index is 12.7. The van der Waals surface area contributed by atoms with Crippen LogP contribution in [0.15, 0.2) is 17.0 Å². The van der Waals surface area contributed by atoms with Crippen LogP contribution in [0.4, 0.5) is 26.3 Å². The van der Waals surface area contributed by atoms with Crippen LogP contribution in [0, 0.1) is 0 Å². The van der Waals surface area contributed by atoms with Crippen molar-refractivity contribution >= 4 is 26.0 Å². The van der Waals surface area contributed by atoms with Gasteiger partial charge in [0, 0.05) is 16.2 Å². The molecular weight excluding hydrogens is 338 g/mol. The van der Waals surface area contributed by atoms with Crippen molar-refractivity contribution in [2.24, 2.45) is 0 Å². The third kappa shape index (κ3) is 3.42. The molecule has 0 aromatic heterocycles. The van der Waals surface area contributed by atoms with E-state index in [0.717, 1.165) is 0 Å². The fourth-order valence-corrected chi connectivity index (χ4v) is 2.73. The van der Waals surface area contributed by atoms with Gasteiger partial charge in [0.25, 0.3) is 9.05 Å². The Hall–Kier alpha value is -1.29. The first kappa shape index (κ1) is 16.8. The van der Waals surface area contributed by atoms with Gasteiger partial charge in [0.05, 0.1) is 11.1 Å². The molecule has 0 N–H and O–H groups in total. The molecule has 0 fully saturated rings. The highest BCUT2D eigenvalue weighted by molar-refractivity contribution is 8.13. The Bertz CT molecular complexity index is 647. The minimum Gasteiger partial charge on any atom is -0.298 e. The van der Waals surface area contributed by atoms with E-state index in [-0.39, 0.29) is 6.07 Å². The summed E-state index contributed by atoms with van der Waals surface area (Å²) in [5, 5.41) is 0. The second kappa shape index (κ2) is 4.92. The zero-order valence-electron chi connectivity index (χ0n) is 9.01. The minimum absolute atomic E-state index is 0.0164. The summed E-state index contributed by atoms with van der Waals surface area (Å²) >= 11 is 0. The molecule has 0 atom stereocenters. The van der Waals surface area contributed by atoms with Crippen molar-refractivity contribution in [1.29, 1.82) is 0 Å². The largest absolute Gasteiger partial charge is 0.417 e. The molecule has 0 heterocycles. The molecule has 0 aliphatic heterocycles. The number of benzene rings is 1. The molecule has 0 aliphatic carbocycles. The summed E-state index contributed by atoms with van der Waals surface area (Å²) in [5.74, 6) is 0. The molecule has 1 aromatic rings. The van der Waals surface area contributed by atoms with Crippen LogP contribution in [0.5, 0.6) is 0 Å². The third-order valence-corrected chi connectivity index (χ3v) is 3.53. The van der Waals surface area contributed by atoms with Gasteiger partial charge in [-0.15, -0.1) is 0 Å². The van der Waals surface area contributed by atoms with Gasteiger partial charge in [0.1, 0.15) is 4.90 Å². The Labute approximate surface area is 112 Å². The van der Waals surface area contributed by atoms with E-state index in [1.807, 2.05) is 0 Å². The fourth-order valence-electron chi connectivity index (χ4n) is 1.39. The lowest BCUT2D eigenvalue weighted by Gasteiger charge is -2.16. The first-order valence-electron chi connectivity index (χ1n) is 4.50. The van der Waals surface area contributed by atoms with Gasteiger partial charge < -0.3 is 0 Å². The highest BCUT2D eigenvalue weighted by Crippen LogP contribution is 2.41. The number of rotatable bonds is 2. The molecule has 11 heteroatoms. The van der Waals surface area contributed by atoms with E-state index < -0.39 is 55.3 Å². The van der Waals surface area contributed by atoms with Crippen LogP contribution in [0.25, 0.3) is 0 Å². The van der Waals surface area contributed by atoms with Crippen LogP contribution in [-0.2, 0) is 21.4 Å². The highest BCUT2D eigenvalue weighted by atomic mass is 35.7. The standard InChI is InChI=1S/C9H3ClF6O3S/c10-20(18,19)7-4(3-17)1-5(8(11,12)13)2-6(7)9(14,15)16/h1-3H. The van der Waals surface area contributed by atoms with Gasteiger partial charge in [-0.2, -0.15) is 26.3 Å². The molecule has 0 bridgehead atoms. The summed E-state index contributed by atoms with van der Waals surface area (Å²) in [6.45, 7) is 0. The first-order valence-corrected chi connectivity index (χ1v) is 6.81. The van der Waals surface area contributed by atoms with E-state index in [1.165, 1.54) is 0 Å². The molecule has 3 nitrogen and oxygen atoms in total. The summed E-state index contributed by atoms with van der Waals surface area (Å²) in [7, 11) is -0.316. The Morgan fingerprint density at radius 3 is 1.80 bits per heavy atom. The molecule has 0 saturated carbocycles. The van der Waals surface area contributed by atoms with Gasteiger partial charge in [0.15, 0.2) is 6.29 Å². The Morgan fingerprint density at radius 1 is 1.00 bits per heavy atom. The average molecular weight is 341 g/mol. The Balaban J connectivity index is 3.90. The fraction of sp³-hybridized carbons (Fsp3) is 0.222. The lowest BCUT2D eigenvalue weighted by atomic mass is 10.1. The number of aldehydes is 1. The van der Waals surface area contributed by atoms with E-state index in [0.29, 0.717) is 0 Å². The van der Waals surface area contributed by atoms with Crippen molar-refractivity contribution in [1.82, 2.24) is 0 Å². The summed E-state index contributed by atoms with van der Waals surface area (Å²) < 4.78 is 97.4. The number of halogens is 7. The zero-order chi connectivity index (χ0) is 15.9. The van der Waals surface area contributed by atoms with Crippen molar-refractivity contribution in [3.8, 4) is 0 Å². The van der Waals surface area contributed by atoms with Crippen molar-refractivity contribution in [3.63, 3.8) is 0 Å². The normalized spacial score (nSPS) is 13.3. The van der Waals surface area contributed by atoms with Crippen molar-refractivity contribution < 1.29 is 39.6 Å². The van der Waals surface area contributed by atoms with E-state index in [9.17, 15) is 39.6 Å². The molecule has 0 spiro atoms. The molecule has 112 valence electrons. The van der Waals surface area contributed by atoms with Gasteiger partial charge in [-0.1, -0.05) is 0 Å². The predicted molar refractivity (Wildman–Crippen MR) is 54.9 cm³/mol. The van der Waals surface area contributed by atoms with Gasteiger partial charge >= 0.3 is 12.4 Å². The number of alkyl halides is 6. The van der Waals surface area contributed by atoms with Crippen LogP contribution < -0.4 is 0 Å². The van der Waals surface area contributed by atoms with E-state index in [1.54, 1.807) is 0 Å². The van der Waals surface area contributed by atoms with Crippen LogP contribution in [-0.4, -0.2) is 14.7 Å². The molecule has 1 aromatic carbocycles. The van der Waals surface area contributed by atoms with Gasteiger partial charge in [-0.3, -0.25) is 4.79 Å². The number of hydrogen-bond donors (Lipinski definition) is 0. The van der Waals surface area contributed by atoms with Gasteiger partial charge in [-0.05, 0) is 12.1 Å². The lowest BCUT2D eigenvalue weighted by molar-refractivity contribution is -0.144. The van der Waals surface area contributed by atoms with Gasteiger partial charge in [-0.25, -0.2) is 8.42 Å². The number of carbonyl (C=O) groups is 1. The van der Waals surface area contributed by atoms with Crippen LogP contribution in [0.3, 0.4) is 0 Å². The Kier molecular flexibility index (Phi) is 4.12. The third-order valence-electron chi connectivity index (χ3n) is 2.12. The van der Waals surface area contributed by atoms with Crippen LogP contribution in [0.1, 0.15) is 21.5 Å². The zero-order valence-corrected chi connectivity index (χ0v) is 10.6.